The zero-order chi connectivity index (χ0) is 7.30. The Balaban J connectivity index is 2.12. The van der Waals surface area contributed by atoms with Crippen molar-refractivity contribution in [3.63, 3.8) is 0 Å². The number of Topliss-reactive ketones (excluding diaryl/α,β-unsaturated/α-hetero) is 1. The van der Waals surface area contributed by atoms with Crippen molar-refractivity contribution in [1.82, 2.24) is 4.90 Å². The van der Waals surface area contributed by atoms with Crippen molar-refractivity contribution in [2.45, 2.75) is 19.4 Å². The third-order valence-electron chi connectivity index (χ3n) is 2.80. The molecule has 2 nitrogen and oxygen atoms in total. The molecule has 2 fully saturated rings. The highest BCUT2D eigenvalue weighted by atomic mass is 16.1. The van der Waals surface area contributed by atoms with E-state index in [0.29, 0.717) is 5.78 Å². The molecule has 1 saturated carbocycles. The summed E-state index contributed by atoms with van der Waals surface area (Å²) >= 11 is 0. The standard InChI is InChI=1S/C8H13NO/c1-5(10)8-7-3-6(7)4-9(8)2/h6-8H,3-4H2,1-2H3. The summed E-state index contributed by atoms with van der Waals surface area (Å²) in [5.74, 6) is 1.94. The van der Waals surface area contributed by atoms with Crippen LogP contribution in [0.3, 0.4) is 0 Å². The normalized spacial score (nSPS) is 45.2. The summed E-state index contributed by atoms with van der Waals surface area (Å²) in [6.07, 6.45) is 1.30. The molecule has 1 aliphatic heterocycles. The number of piperidine rings is 1. The van der Waals surface area contributed by atoms with Gasteiger partial charge in [0.1, 0.15) is 5.78 Å². The highest BCUT2D eigenvalue weighted by Gasteiger charge is 2.52. The van der Waals surface area contributed by atoms with Gasteiger partial charge in [0.05, 0.1) is 6.04 Å². The second-order valence-corrected chi connectivity index (χ2v) is 3.65. The molecule has 0 N–H and O–H groups in total. The maximum atomic E-state index is 11.1. The summed E-state index contributed by atoms with van der Waals surface area (Å²) in [6.45, 7) is 2.86. The first-order valence-electron chi connectivity index (χ1n) is 3.91. The van der Waals surface area contributed by atoms with Crippen molar-refractivity contribution in [2.24, 2.45) is 11.8 Å². The van der Waals surface area contributed by atoms with Gasteiger partial charge in [-0.3, -0.25) is 9.69 Å². The van der Waals surface area contributed by atoms with Gasteiger partial charge in [0.15, 0.2) is 0 Å². The number of likely N-dealkylation sites (tertiary alicyclic amines) is 1. The first-order chi connectivity index (χ1) is 4.70. The van der Waals surface area contributed by atoms with Crippen LogP contribution in [0.15, 0.2) is 0 Å². The van der Waals surface area contributed by atoms with Crippen LogP contribution in [0, 0.1) is 11.8 Å². The van der Waals surface area contributed by atoms with E-state index < -0.39 is 0 Å². The summed E-state index contributed by atoms with van der Waals surface area (Å²) in [5, 5.41) is 0. The minimum atomic E-state index is 0.269. The van der Waals surface area contributed by atoms with Crippen molar-refractivity contribution >= 4 is 5.78 Å². The lowest BCUT2D eigenvalue weighted by molar-refractivity contribution is -0.121. The number of nitrogens with zero attached hydrogens (tertiary/aromatic N) is 1. The van der Waals surface area contributed by atoms with E-state index in [4.69, 9.17) is 0 Å². The minimum Gasteiger partial charge on any atom is -0.298 e. The predicted molar refractivity (Wildman–Crippen MR) is 38.7 cm³/mol. The average molecular weight is 139 g/mol. The zero-order valence-corrected chi connectivity index (χ0v) is 6.50. The quantitative estimate of drug-likeness (QED) is 0.528. The fourth-order valence-corrected chi connectivity index (χ4v) is 2.29. The number of ketones is 1. The van der Waals surface area contributed by atoms with Crippen LogP contribution >= 0.6 is 0 Å². The Hall–Kier alpha value is -0.370. The van der Waals surface area contributed by atoms with Crippen molar-refractivity contribution in [1.29, 1.82) is 0 Å². The Labute approximate surface area is 61.2 Å². The molecule has 1 aliphatic carbocycles. The third kappa shape index (κ3) is 0.717. The Kier molecular flexibility index (Phi) is 1.15. The molecule has 0 bridgehead atoms. The number of hydrogen-bond donors (Lipinski definition) is 0. The number of likely N-dealkylation sites (N-methyl/N-ethyl adjacent to an activating group) is 1. The van der Waals surface area contributed by atoms with Crippen molar-refractivity contribution in [3.05, 3.63) is 0 Å². The molecular weight excluding hydrogens is 126 g/mol. The molecule has 2 rings (SSSR count). The summed E-state index contributed by atoms with van der Waals surface area (Å²) in [4.78, 5) is 13.2. The van der Waals surface area contributed by atoms with E-state index in [0.717, 1.165) is 18.4 Å². The Morgan fingerprint density at radius 2 is 2.30 bits per heavy atom. The van der Waals surface area contributed by atoms with Crippen molar-refractivity contribution < 1.29 is 4.79 Å². The molecule has 1 saturated heterocycles. The van der Waals surface area contributed by atoms with Gasteiger partial charge >= 0.3 is 0 Å². The molecule has 0 amide bonds. The number of carbonyl (C=O) groups excluding carboxylic acids is 1. The van der Waals surface area contributed by atoms with Crippen LogP contribution in [0.5, 0.6) is 0 Å². The van der Waals surface area contributed by atoms with Crippen LogP contribution in [0.4, 0.5) is 0 Å². The van der Waals surface area contributed by atoms with E-state index in [2.05, 4.69) is 11.9 Å². The lowest BCUT2D eigenvalue weighted by atomic mass is 10.1. The SMILES string of the molecule is CC(=O)C1C2CC2CN1C. The molecule has 56 valence electrons. The van der Waals surface area contributed by atoms with Crippen LogP contribution in [0.2, 0.25) is 0 Å². The van der Waals surface area contributed by atoms with Crippen LogP contribution in [0.25, 0.3) is 0 Å². The van der Waals surface area contributed by atoms with Gasteiger partial charge in [-0.15, -0.1) is 0 Å². The third-order valence-corrected chi connectivity index (χ3v) is 2.80. The van der Waals surface area contributed by atoms with Crippen LogP contribution in [-0.2, 0) is 4.79 Å². The first kappa shape index (κ1) is 6.35. The molecule has 3 unspecified atom stereocenters. The number of fused-ring (bicyclic) bond motifs is 1. The van der Waals surface area contributed by atoms with Gasteiger partial charge in [0.25, 0.3) is 0 Å². The van der Waals surface area contributed by atoms with E-state index >= 15 is 0 Å². The monoisotopic (exact) mass is 139 g/mol. The maximum absolute atomic E-state index is 11.1. The Bertz CT molecular complexity index is 176. The van der Waals surface area contributed by atoms with E-state index in [-0.39, 0.29) is 6.04 Å². The van der Waals surface area contributed by atoms with Gasteiger partial charge < -0.3 is 0 Å². The molecule has 0 radical (unpaired) electrons. The van der Waals surface area contributed by atoms with Crippen molar-refractivity contribution in [2.75, 3.05) is 13.6 Å². The molecule has 2 aliphatic rings. The Morgan fingerprint density at radius 1 is 1.60 bits per heavy atom. The molecule has 0 aromatic carbocycles. The van der Waals surface area contributed by atoms with Crippen molar-refractivity contribution in [3.8, 4) is 0 Å². The van der Waals surface area contributed by atoms with Crippen LogP contribution in [-0.4, -0.2) is 30.3 Å². The van der Waals surface area contributed by atoms with E-state index in [9.17, 15) is 4.79 Å². The van der Waals surface area contributed by atoms with Crippen LogP contribution < -0.4 is 0 Å². The molecule has 3 atom stereocenters. The zero-order valence-electron chi connectivity index (χ0n) is 6.50. The van der Waals surface area contributed by atoms with Gasteiger partial charge in [-0.05, 0) is 32.2 Å². The highest BCUT2D eigenvalue weighted by molar-refractivity contribution is 5.82. The molecule has 2 heteroatoms. The second kappa shape index (κ2) is 1.82. The van der Waals surface area contributed by atoms with E-state index in [1.54, 1.807) is 6.92 Å². The average Bonchev–Trinajstić information content (AvgIpc) is 2.42. The van der Waals surface area contributed by atoms with E-state index in [1.807, 2.05) is 0 Å². The number of rotatable bonds is 1. The van der Waals surface area contributed by atoms with Gasteiger partial charge in [-0.25, -0.2) is 0 Å². The lowest BCUT2D eigenvalue weighted by Crippen LogP contribution is -2.34. The smallest absolute Gasteiger partial charge is 0.147 e. The summed E-state index contributed by atoms with van der Waals surface area (Å²) in [5.41, 5.74) is 0. The van der Waals surface area contributed by atoms with E-state index in [1.165, 1.54) is 6.42 Å². The lowest BCUT2D eigenvalue weighted by Gasteiger charge is -2.19. The molecular formula is C8H13NO. The van der Waals surface area contributed by atoms with Gasteiger partial charge in [-0.1, -0.05) is 0 Å². The van der Waals surface area contributed by atoms with Gasteiger partial charge in [0, 0.05) is 6.54 Å². The van der Waals surface area contributed by atoms with Gasteiger partial charge in [0.2, 0.25) is 0 Å². The fraction of sp³-hybridized carbons (Fsp3) is 0.875. The minimum absolute atomic E-state index is 0.269. The summed E-state index contributed by atoms with van der Waals surface area (Å²) < 4.78 is 0. The molecule has 0 aromatic heterocycles. The number of carbonyl (C=O) groups is 1. The summed E-state index contributed by atoms with van der Waals surface area (Å²) in [6, 6.07) is 0.269. The van der Waals surface area contributed by atoms with Gasteiger partial charge in [-0.2, -0.15) is 0 Å². The topological polar surface area (TPSA) is 20.3 Å². The maximum Gasteiger partial charge on any atom is 0.147 e. The molecule has 10 heavy (non-hydrogen) atoms. The molecule has 0 spiro atoms. The molecule has 0 aromatic rings. The second-order valence-electron chi connectivity index (χ2n) is 3.65. The molecule has 1 heterocycles. The first-order valence-corrected chi connectivity index (χ1v) is 3.91. The highest BCUT2D eigenvalue weighted by Crippen LogP contribution is 2.48. The number of hydrogen-bond acceptors (Lipinski definition) is 2. The largest absolute Gasteiger partial charge is 0.298 e. The summed E-state index contributed by atoms with van der Waals surface area (Å²) in [7, 11) is 2.05. The predicted octanol–water partition coefficient (Wildman–Crippen LogP) is 0.526. The fourth-order valence-electron chi connectivity index (χ4n) is 2.29. The Morgan fingerprint density at radius 3 is 2.60 bits per heavy atom. The van der Waals surface area contributed by atoms with Crippen LogP contribution in [0.1, 0.15) is 13.3 Å².